The zero-order valence-corrected chi connectivity index (χ0v) is 22.0. The van der Waals surface area contributed by atoms with Gasteiger partial charge in [-0.15, -0.1) is 0 Å². The number of fused-ring (bicyclic) bond motifs is 1. The van der Waals surface area contributed by atoms with Crippen molar-refractivity contribution >= 4 is 32.7 Å². The van der Waals surface area contributed by atoms with Crippen LogP contribution in [0.15, 0.2) is 46.2 Å². The van der Waals surface area contributed by atoms with Gasteiger partial charge in [0.05, 0.1) is 4.90 Å². The quantitative estimate of drug-likeness (QED) is 0.540. The third-order valence-electron chi connectivity index (χ3n) is 7.44. The monoisotopic (exact) mass is 510 g/mol. The maximum Gasteiger partial charge on any atom is 0.252 e. The predicted molar refractivity (Wildman–Crippen MR) is 141 cm³/mol. The minimum Gasteiger partial charge on any atom is -0.324 e. The van der Waals surface area contributed by atoms with E-state index in [4.69, 9.17) is 4.98 Å². The SMILES string of the molecule is Cc1cc(S(=O)(=O)N2CCN(C(C)C)CC2)ccc1Nc1ncc2ccc(=O)n(C3CCCC3)c2n1. The summed E-state index contributed by atoms with van der Waals surface area (Å²) in [6, 6.07) is 9.01. The smallest absolute Gasteiger partial charge is 0.252 e. The first-order valence-electron chi connectivity index (χ1n) is 12.7. The number of nitrogens with one attached hydrogen (secondary N) is 1. The van der Waals surface area contributed by atoms with Crippen LogP contribution in [0, 0.1) is 6.92 Å². The minimum atomic E-state index is -3.56. The van der Waals surface area contributed by atoms with E-state index in [2.05, 4.69) is 29.0 Å². The van der Waals surface area contributed by atoms with Crippen LogP contribution >= 0.6 is 0 Å². The number of aromatic nitrogens is 3. The van der Waals surface area contributed by atoms with Gasteiger partial charge in [0, 0.05) is 61.6 Å². The average molecular weight is 511 g/mol. The first kappa shape index (κ1) is 24.9. The van der Waals surface area contributed by atoms with Crippen LogP contribution in [-0.4, -0.2) is 64.4 Å². The van der Waals surface area contributed by atoms with Crippen LogP contribution in [-0.2, 0) is 10.0 Å². The van der Waals surface area contributed by atoms with Crippen molar-refractivity contribution in [3.05, 3.63) is 52.4 Å². The molecule has 1 N–H and O–H groups in total. The van der Waals surface area contributed by atoms with E-state index in [1.807, 2.05) is 6.92 Å². The molecule has 1 saturated heterocycles. The molecular formula is C26H34N6O3S. The van der Waals surface area contributed by atoms with Crippen LogP contribution in [0.4, 0.5) is 11.6 Å². The fraction of sp³-hybridized carbons (Fsp3) is 0.500. The van der Waals surface area contributed by atoms with Crippen LogP contribution in [0.5, 0.6) is 0 Å². The largest absolute Gasteiger partial charge is 0.324 e. The number of aryl methyl sites for hydroxylation is 1. The van der Waals surface area contributed by atoms with Crippen LogP contribution in [0.3, 0.4) is 0 Å². The van der Waals surface area contributed by atoms with E-state index in [9.17, 15) is 13.2 Å². The Morgan fingerprint density at radius 3 is 2.42 bits per heavy atom. The lowest BCUT2D eigenvalue weighted by molar-refractivity contribution is 0.154. The Morgan fingerprint density at radius 1 is 1.03 bits per heavy atom. The molecule has 1 saturated carbocycles. The van der Waals surface area contributed by atoms with Crippen molar-refractivity contribution in [3.8, 4) is 0 Å². The molecule has 36 heavy (non-hydrogen) atoms. The highest BCUT2D eigenvalue weighted by molar-refractivity contribution is 7.89. The van der Waals surface area contributed by atoms with E-state index < -0.39 is 10.0 Å². The number of anilines is 2. The summed E-state index contributed by atoms with van der Waals surface area (Å²) in [6.45, 7) is 8.59. The zero-order valence-electron chi connectivity index (χ0n) is 21.1. The van der Waals surface area contributed by atoms with Crippen LogP contribution < -0.4 is 10.9 Å². The molecule has 2 aliphatic rings. The predicted octanol–water partition coefficient (Wildman–Crippen LogP) is 3.67. The van der Waals surface area contributed by atoms with E-state index in [0.717, 1.165) is 55.4 Å². The third kappa shape index (κ3) is 4.77. The number of piperazine rings is 1. The lowest BCUT2D eigenvalue weighted by Crippen LogP contribution is -2.50. The average Bonchev–Trinajstić information content (AvgIpc) is 3.39. The summed E-state index contributed by atoms with van der Waals surface area (Å²) in [5, 5.41) is 4.05. The van der Waals surface area contributed by atoms with E-state index >= 15 is 0 Å². The Labute approximate surface area is 212 Å². The van der Waals surface area contributed by atoms with Crippen LogP contribution in [0.1, 0.15) is 51.1 Å². The summed E-state index contributed by atoms with van der Waals surface area (Å²) in [5.41, 5.74) is 2.09. The number of nitrogens with zero attached hydrogens (tertiary/aromatic N) is 5. The Balaban J connectivity index is 1.39. The van der Waals surface area contributed by atoms with Crippen molar-refractivity contribution in [2.24, 2.45) is 0 Å². The second-order valence-corrected chi connectivity index (χ2v) is 12.0. The van der Waals surface area contributed by atoms with Gasteiger partial charge in [0.15, 0.2) is 0 Å². The number of hydrogen-bond acceptors (Lipinski definition) is 7. The molecule has 0 atom stereocenters. The van der Waals surface area contributed by atoms with E-state index in [0.29, 0.717) is 30.7 Å². The summed E-state index contributed by atoms with van der Waals surface area (Å²) in [4.78, 5) is 24.4. The molecule has 0 bridgehead atoms. The molecular weight excluding hydrogens is 476 g/mol. The van der Waals surface area contributed by atoms with Gasteiger partial charge in [-0.25, -0.2) is 13.4 Å². The van der Waals surface area contributed by atoms with E-state index in [-0.39, 0.29) is 16.5 Å². The van der Waals surface area contributed by atoms with Gasteiger partial charge in [0.25, 0.3) is 5.56 Å². The van der Waals surface area contributed by atoms with Crippen molar-refractivity contribution in [3.63, 3.8) is 0 Å². The van der Waals surface area contributed by atoms with Gasteiger partial charge in [0.2, 0.25) is 16.0 Å². The fourth-order valence-electron chi connectivity index (χ4n) is 5.28. The van der Waals surface area contributed by atoms with Crippen LogP contribution in [0.25, 0.3) is 11.0 Å². The molecule has 3 aromatic rings. The Morgan fingerprint density at radius 2 is 1.75 bits per heavy atom. The number of rotatable bonds is 6. The van der Waals surface area contributed by atoms with Crippen molar-refractivity contribution < 1.29 is 8.42 Å². The molecule has 3 heterocycles. The Kier molecular flexibility index (Phi) is 6.84. The summed E-state index contributed by atoms with van der Waals surface area (Å²) >= 11 is 0. The highest BCUT2D eigenvalue weighted by atomic mass is 32.2. The standard InChI is InChI=1S/C26H34N6O3S/c1-18(2)30-12-14-31(15-13-30)36(34,35)22-9-10-23(19(3)16-22)28-26-27-17-20-8-11-24(33)32(25(20)29-26)21-6-4-5-7-21/h8-11,16-18,21H,4-7,12-15H2,1-3H3,(H,27,28,29). The maximum atomic E-state index is 13.3. The molecule has 1 aliphatic carbocycles. The van der Waals surface area contributed by atoms with Crippen molar-refractivity contribution in [2.45, 2.75) is 63.4 Å². The molecule has 2 fully saturated rings. The van der Waals surface area contributed by atoms with Crippen LogP contribution in [0.2, 0.25) is 0 Å². The Hall–Kier alpha value is -2.82. The van der Waals surface area contributed by atoms with E-state index in [1.54, 1.807) is 45.4 Å². The molecule has 0 spiro atoms. The second-order valence-electron chi connectivity index (χ2n) is 10.1. The number of hydrogen-bond donors (Lipinski definition) is 1. The van der Waals surface area contributed by atoms with Gasteiger partial charge in [-0.05, 0) is 63.4 Å². The van der Waals surface area contributed by atoms with Crippen molar-refractivity contribution in [2.75, 3.05) is 31.5 Å². The first-order chi connectivity index (χ1) is 17.2. The molecule has 10 heteroatoms. The van der Waals surface area contributed by atoms with Gasteiger partial charge < -0.3 is 5.32 Å². The molecule has 5 rings (SSSR count). The van der Waals surface area contributed by atoms with Gasteiger partial charge in [0.1, 0.15) is 5.65 Å². The highest BCUT2D eigenvalue weighted by Crippen LogP contribution is 2.31. The minimum absolute atomic E-state index is 0.0426. The summed E-state index contributed by atoms with van der Waals surface area (Å²) in [5.74, 6) is 0.378. The van der Waals surface area contributed by atoms with Gasteiger partial charge in [-0.2, -0.15) is 9.29 Å². The molecule has 0 radical (unpaired) electrons. The third-order valence-corrected chi connectivity index (χ3v) is 9.34. The van der Waals surface area contributed by atoms with Crippen molar-refractivity contribution in [1.82, 2.24) is 23.7 Å². The zero-order chi connectivity index (χ0) is 25.4. The molecule has 1 aliphatic heterocycles. The normalized spacial score (nSPS) is 18.3. The second kappa shape index (κ2) is 9.91. The molecule has 0 unspecified atom stereocenters. The van der Waals surface area contributed by atoms with E-state index in [1.165, 1.54) is 0 Å². The lowest BCUT2D eigenvalue weighted by atomic mass is 10.2. The summed E-state index contributed by atoms with van der Waals surface area (Å²) < 4.78 is 29.9. The van der Waals surface area contributed by atoms with Gasteiger partial charge >= 0.3 is 0 Å². The molecule has 0 amide bonds. The first-order valence-corrected chi connectivity index (χ1v) is 14.2. The van der Waals surface area contributed by atoms with Gasteiger partial charge in [-0.3, -0.25) is 14.3 Å². The molecule has 2 aromatic heterocycles. The molecule has 1 aromatic carbocycles. The maximum absolute atomic E-state index is 13.3. The van der Waals surface area contributed by atoms with Crippen molar-refractivity contribution in [1.29, 1.82) is 0 Å². The number of pyridine rings is 1. The highest BCUT2D eigenvalue weighted by Gasteiger charge is 2.29. The topological polar surface area (TPSA) is 100 Å². The molecule has 9 nitrogen and oxygen atoms in total. The fourth-order valence-corrected chi connectivity index (χ4v) is 6.79. The lowest BCUT2D eigenvalue weighted by Gasteiger charge is -2.36. The van der Waals surface area contributed by atoms with Gasteiger partial charge in [-0.1, -0.05) is 12.8 Å². The number of sulfonamides is 1. The molecule has 192 valence electrons. The Bertz CT molecular complexity index is 1420. The summed E-state index contributed by atoms with van der Waals surface area (Å²) in [6.07, 6.45) is 5.91. The summed E-state index contributed by atoms with van der Waals surface area (Å²) in [7, 11) is -3.56. The number of benzene rings is 1.